The molecule has 0 aliphatic heterocycles. The lowest BCUT2D eigenvalue weighted by molar-refractivity contribution is -0.141. The maximum atomic E-state index is 13.0. The summed E-state index contributed by atoms with van der Waals surface area (Å²) in [6, 6.07) is 8.97. The molecule has 2 aromatic carbocycles. The lowest BCUT2D eigenvalue weighted by Gasteiger charge is -2.33. The third-order valence-electron chi connectivity index (χ3n) is 7.49. The molecule has 0 radical (unpaired) electrons. The van der Waals surface area contributed by atoms with Gasteiger partial charge in [-0.3, -0.25) is 9.59 Å². The van der Waals surface area contributed by atoms with Crippen LogP contribution in [0, 0.1) is 0 Å². The van der Waals surface area contributed by atoms with E-state index in [1.807, 2.05) is 23.5 Å². The summed E-state index contributed by atoms with van der Waals surface area (Å²) in [7, 11) is 3.13. The van der Waals surface area contributed by atoms with E-state index in [0.29, 0.717) is 12.2 Å². The number of esters is 2. The van der Waals surface area contributed by atoms with Crippen LogP contribution >= 0.6 is 23.5 Å². The molecule has 0 fully saturated rings. The summed E-state index contributed by atoms with van der Waals surface area (Å²) in [5.74, 6) is 0.946. The van der Waals surface area contributed by atoms with Gasteiger partial charge in [-0.1, -0.05) is 83.1 Å². The SMILES string of the molecule is COC(=O)CCCC(=O)Oc1c(C(C)(C)C)cc(SC(C)(C)Sc2cc(C(C)(C)C)c(OC)c(C(C)(C)C)c2)cc1C(C)(C)C. The van der Waals surface area contributed by atoms with Gasteiger partial charge in [0.05, 0.1) is 18.3 Å². The second-order valence-electron chi connectivity index (χ2n) is 16.4. The number of carbonyl (C=O) groups is 2. The van der Waals surface area contributed by atoms with Crippen molar-refractivity contribution in [3.8, 4) is 11.5 Å². The number of benzene rings is 2. The van der Waals surface area contributed by atoms with Gasteiger partial charge in [-0.15, -0.1) is 23.5 Å². The van der Waals surface area contributed by atoms with Crippen LogP contribution < -0.4 is 9.47 Å². The topological polar surface area (TPSA) is 61.8 Å². The van der Waals surface area contributed by atoms with Crippen molar-refractivity contribution in [1.82, 2.24) is 0 Å². The van der Waals surface area contributed by atoms with Gasteiger partial charge in [0, 0.05) is 44.9 Å². The number of rotatable bonds is 10. The first-order valence-electron chi connectivity index (χ1n) is 15.9. The van der Waals surface area contributed by atoms with Crippen LogP contribution in [0.3, 0.4) is 0 Å². The summed E-state index contributed by atoms with van der Waals surface area (Å²) in [4.78, 5) is 26.9. The van der Waals surface area contributed by atoms with Crippen molar-refractivity contribution < 1.29 is 23.8 Å². The smallest absolute Gasteiger partial charge is 0.311 e. The molecule has 252 valence electrons. The van der Waals surface area contributed by atoms with Crippen LogP contribution in [0.1, 0.15) is 138 Å². The molecule has 0 bridgehead atoms. The van der Waals surface area contributed by atoms with Crippen molar-refractivity contribution in [2.45, 2.75) is 152 Å². The Morgan fingerprint density at radius 2 is 0.889 bits per heavy atom. The van der Waals surface area contributed by atoms with E-state index in [1.165, 1.54) is 23.1 Å². The molecule has 0 unspecified atom stereocenters. The van der Waals surface area contributed by atoms with Crippen LogP contribution in [0.5, 0.6) is 11.5 Å². The van der Waals surface area contributed by atoms with Gasteiger partial charge in [-0.25, -0.2) is 0 Å². The number of methoxy groups -OCH3 is 2. The van der Waals surface area contributed by atoms with E-state index in [-0.39, 0.29) is 50.5 Å². The number of hydrogen-bond acceptors (Lipinski definition) is 7. The van der Waals surface area contributed by atoms with Gasteiger partial charge in [0.25, 0.3) is 0 Å². The predicted octanol–water partition coefficient (Wildman–Crippen LogP) is 10.8. The zero-order valence-electron chi connectivity index (χ0n) is 30.8. The van der Waals surface area contributed by atoms with Crippen LogP contribution in [0.25, 0.3) is 0 Å². The molecule has 0 aromatic heterocycles. The minimum Gasteiger partial charge on any atom is -0.496 e. The number of ether oxygens (including phenoxy) is 3. The first-order chi connectivity index (χ1) is 20.3. The second-order valence-corrected chi connectivity index (χ2v) is 20.1. The average Bonchev–Trinajstić information content (AvgIpc) is 2.85. The fourth-order valence-electron chi connectivity index (χ4n) is 5.11. The highest BCUT2D eigenvalue weighted by Crippen LogP contribution is 2.51. The van der Waals surface area contributed by atoms with Crippen molar-refractivity contribution in [3.05, 3.63) is 46.5 Å². The van der Waals surface area contributed by atoms with Gasteiger partial charge in [-0.2, -0.15) is 0 Å². The first-order valence-corrected chi connectivity index (χ1v) is 17.5. The third-order valence-corrected chi connectivity index (χ3v) is 9.92. The van der Waals surface area contributed by atoms with Gasteiger partial charge in [0.15, 0.2) is 0 Å². The van der Waals surface area contributed by atoms with E-state index in [1.54, 1.807) is 7.11 Å². The van der Waals surface area contributed by atoms with E-state index in [0.717, 1.165) is 21.8 Å². The Morgan fingerprint density at radius 1 is 0.556 bits per heavy atom. The fraction of sp³-hybridized carbons (Fsp3) is 0.632. The molecule has 0 N–H and O–H groups in total. The molecule has 2 rings (SSSR count). The van der Waals surface area contributed by atoms with E-state index in [4.69, 9.17) is 14.2 Å². The third kappa shape index (κ3) is 11.0. The number of carbonyl (C=O) groups excluding carboxylic acids is 2. The van der Waals surface area contributed by atoms with Crippen molar-refractivity contribution in [2.24, 2.45) is 0 Å². The highest BCUT2D eigenvalue weighted by Gasteiger charge is 2.33. The zero-order valence-corrected chi connectivity index (χ0v) is 32.4. The monoisotopic (exact) mass is 658 g/mol. The van der Waals surface area contributed by atoms with Crippen molar-refractivity contribution in [2.75, 3.05) is 14.2 Å². The van der Waals surface area contributed by atoms with Crippen LogP contribution in [-0.4, -0.2) is 30.2 Å². The standard InChI is InChI=1S/C38H58O5S2/c1-34(2,3)26-20-24(21-27(32(26)42-16)35(4,5)6)44-38(13,14)45-25-22-28(36(7,8)9)33(29(23-25)37(10,11)12)43-31(40)19-17-18-30(39)41-15/h20-23H,17-19H2,1-16H3. The molecule has 5 nitrogen and oxygen atoms in total. The zero-order chi connectivity index (χ0) is 34.8. The molecule has 0 amide bonds. The van der Waals surface area contributed by atoms with Crippen LogP contribution in [-0.2, 0) is 36.0 Å². The van der Waals surface area contributed by atoms with E-state index >= 15 is 0 Å². The van der Waals surface area contributed by atoms with Crippen LogP contribution in [0.4, 0.5) is 0 Å². The van der Waals surface area contributed by atoms with Crippen LogP contribution in [0.2, 0.25) is 0 Å². The summed E-state index contributed by atoms with van der Waals surface area (Å²) in [6.45, 7) is 30.9. The second kappa shape index (κ2) is 14.3. The Labute approximate surface area is 282 Å². The minimum absolute atomic E-state index is 0.0744. The van der Waals surface area contributed by atoms with Gasteiger partial charge in [-0.05, 0) is 66.2 Å². The Hall–Kier alpha value is -2.12. The van der Waals surface area contributed by atoms with Crippen LogP contribution in [0.15, 0.2) is 34.1 Å². The summed E-state index contributed by atoms with van der Waals surface area (Å²) in [6.07, 6.45) is 0.728. The fourth-order valence-corrected chi connectivity index (χ4v) is 7.70. The van der Waals surface area contributed by atoms with E-state index in [2.05, 4.69) is 121 Å². The molecule has 0 heterocycles. The Kier molecular flexibility index (Phi) is 12.4. The number of hydrogen-bond donors (Lipinski definition) is 0. The predicted molar refractivity (Wildman–Crippen MR) is 192 cm³/mol. The molecule has 0 saturated carbocycles. The van der Waals surface area contributed by atoms with E-state index in [9.17, 15) is 9.59 Å². The average molecular weight is 659 g/mol. The molecule has 7 heteroatoms. The molecule has 0 aliphatic rings. The maximum absolute atomic E-state index is 13.0. The van der Waals surface area contributed by atoms with Crippen molar-refractivity contribution >= 4 is 35.5 Å². The highest BCUT2D eigenvalue weighted by molar-refractivity contribution is 8.18. The Morgan fingerprint density at radius 3 is 1.20 bits per heavy atom. The Bertz CT molecular complexity index is 1290. The van der Waals surface area contributed by atoms with Crippen molar-refractivity contribution in [1.29, 1.82) is 0 Å². The molecule has 2 aromatic rings. The molecule has 0 saturated heterocycles. The normalized spacial score (nSPS) is 13.1. The summed E-state index contributed by atoms with van der Waals surface area (Å²) >= 11 is 3.68. The molecule has 0 atom stereocenters. The lowest BCUT2D eigenvalue weighted by Crippen LogP contribution is -2.22. The lowest BCUT2D eigenvalue weighted by atomic mass is 9.79. The summed E-state index contributed by atoms with van der Waals surface area (Å²) in [5, 5.41) is 0. The molecule has 0 aliphatic carbocycles. The maximum Gasteiger partial charge on any atom is 0.311 e. The van der Waals surface area contributed by atoms with Gasteiger partial charge in [0.1, 0.15) is 11.5 Å². The Balaban J connectivity index is 2.58. The van der Waals surface area contributed by atoms with Gasteiger partial charge in [0.2, 0.25) is 0 Å². The largest absolute Gasteiger partial charge is 0.496 e. The highest BCUT2D eigenvalue weighted by atomic mass is 32.2. The first kappa shape index (κ1) is 39.1. The summed E-state index contributed by atoms with van der Waals surface area (Å²) < 4.78 is 16.6. The molecule has 45 heavy (non-hydrogen) atoms. The molecular formula is C38H58O5S2. The van der Waals surface area contributed by atoms with E-state index < -0.39 is 0 Å². The quantitative estimate of drug-likeness (QED) is 0.109. The minimum atomic E-state index is -0.338. The molecule has 0 spiro atoms. The van der Waals surface area contributed by atoms with Crippen molar-refractivity contribution in [3.63, 3.8) is 0 Å². The van der Waals surface area contributed by atoms with Gasteiger partial charge >= 0.3 is 11.9 Å². The summed E-state index contributed by atoms with van der Waals surface area (Å²) in [5.41, 5.74) is 3.72. The molecular weight excluding hydrogens is 601 g/mol. The number of thioether (sulfide) groups is 2. The van der Waals surface area contributed by atoms with Gasteiger partial charge < -0.3 is 14.2 Å².